The first-order valence-electron chi connectivity index (χ1n) is 4.35. The molecule has 1 fully saturated rings. The first-order chi connectivity index (χ1) is 6.16. The van der Waals surface area contributed by atoms with Crippen molar-refractivity contribution in [3.63, 3.8) is 0 Å². The molecule has 13 heavy (non-hydrogen) atoms. The normalized spacial score (nSPS) is 21.8. The first kappa shape index (κ1) is 10.1. The molecule has 4 nitrogen and oxygen atoms in total. The topological polar surface area (TPSA) is 41.6 Å². The van der Waals surface area contributed by atoms with Crippen molar-refractivity contribution in [2.24, 2.45) is 0 Å². The Hall–Kier alpha value is -1.03. The number of nitrogens with zero attached hydrogens (tertiary/aromatic N) is 1. The highest BCUT2D eigenvalue weighted by atomic mass is 16.5. The predicted molar refractivity (Wildman–Crippen MR) is 50.6 cm³/mol. The number of carbonyl (C=O) groups is 1. The van der Waals surface area contributed by atoms with Crippen molar-refractivity contribution < 1.29 is 9.53 Å². The second kappa shape index (κ2) is 4.28. The van der Waals surface area contributed by atoms with Gasteiger partial charge in [-0.15, -0.1) is 0 Å². The van der Waals surface area contributed by atoms with Crippen LogP contribution in [0.4, 0.5) is 4.79 Å². The van der Waals surface area contributed by atoms with Gasteiger partial charge in [0, 0.05) is 20.2 Å². The Morgan fingerprint density at radius 1 is 1.85 bits per heavy atom. The third kappa shape index (κ3) is 2.21. The molecule has 0 aromatic heterocycles. The van der Waals surface area contributed by atoms with Crippen LogP contribution in [0.2, 0.25) is 0 Å². The van der Waals surface area contributed by atoms with Gasteiger partial charge < -0.3 is 15.0 Å². The van der Waals surface area contributed by atoms with Crippen molar-refractivity contribution in [2.45, 2.75) is 13.0 Å². The van der Waals surface area contributed by atoms with E-state index >= 15 is 0 Å². The van der Waals surface area contributed by atoms with E-state index in [2.05, 4.69) is 11.9 Å². The van der Waals surface area contributed by atoms with Gasteiger partial charge in [-0.2, -0.15) is 0 Å². The maximum Gasteiger partial charge on any atom is 0.318 e. The molecule has 0 aromatic carbocycles. The van der Waals surface area contributed by atoms with Gasteiger partial charge in [-0.3, -0.25) is 0 Å². The van der Waals surface area contributed by atoms with Crippen LogP contribution in [-0.4, -0.2) is 43.8 Å². The van der Waals surface area contributed by atoms with E-state index in [1.54, 1.807) is 12.0 Å². The summed E-state index contributed by atoms with van der Waals surface area (Å²) in [5.41, 5.74) is 1.01. The molecule has 0 radical (unpaired) electrons. The van der Waals surface area contributed by atoms with Gasteiger partial charge in [-0.05, 0) is 6.92 Å². The van der Waals surface area contributed by atoms with E-state index in [0.29, 0.717) is 19.7 Å². The Balaban J connectivity index is 2.55. The largest absolute Gasteiger partial charge is 0.383 e. The number of carbonyl (C=O) groups excluding carboxylic acids is 1. The number of hydrogen-bond acceptors (Lipinski definition) is 2. The lowest BCUT2D eigenvalue weighted by Gasteiger charge is -2.22. The number of urea groups is 1. The Morgan fingerprint density at radius 2 is 2.54 bits per heavy atom. The molecule has 0 saturated carbocycles. The number of methoxy groups -OCH3 is 1. The fourth-order valence-corrected chi connectivity index (χ4v) is 1.42. The fraction of sp³-hybridized carbons (Fsp3) is 0.667. The lowest BCUT2D eigenvalue weighted by molar-refractivity contribution is 0.152. The molecule has 2 amide bonds. The molecule has 1 rings (SSSR count). The Labute approximate surface area is 78.5 Å². The van der Waals surface area contributed by atoms with Crippen molar-refractivity contribution >= 4 is 6.03 Å². The van der Waals surface area contributed by atoms with Gasteiger partial charge in [0.1, 0.15) is 0 Å². The number of hydrogen-bond donors (Lipinski definition) is 1. The van der Waals surface area contributed by atoms with Crippen LogP contribution < -0.4 is 5.32 Å². The highest BCUT2D eigenvalue weighted by Gasteiger charge is 2.30. The molecule has 74 valence electrons. The Morgan fingerprint density at radius 3 is 3.08 bits per heavy atom. The number of nitrogens with one attached hydrogen (secondary N) is 1. The van der Waals surface area contributed by atoms with Crippen LogP contribution in [0.1, 0.15) is 6.92 Å². The van der Waals surface area contributed by atoms with Gasteiger partial charge in [0.15, 0.2) is 0 Å². The third-order valence-corrected chi connectivity index (χ3v) is 2.19. The molecule has 0 spiro atoms. The minimum Gasteiger partial charge on any atom is -0.383 e. The van der Waals surface area contributed by atoms with E-state index in [1.165, 1.54) is 0 Å². The van der Waals surface area contributed by atoms with Crippen molar-refractivity contribution in [3.05, 3.63) is 12.2 Å². The highest BCUT2D eigenvalue weighted by Crippen LogP contribution is 2.13. The molecular formula is C9H16N2O2. The van der Waals surface area contributed by atoms with Crippen molar-refractivity contribution in [1.82, 2.24) is 10.2 Å². The molecule has 1 atom stereocenters. The SMILES string of the molecule is C=C(C)[C@@H]1CNC(=O)N1CCOC. The van der Waals surface area contributed by atoms with Gasteiger partial charge in [-0.1, -0.05) is 12.2 Å². The zero-order chi connectivity index (χ0) is 9.84. The highest BCUT2D eigenvalue weighted by molar-refractivity contribution is 5.77. The van der Waals surface area contributed by atoms with Crippen LogP contribution in [0, 0.1) is 0 Å². The standard InChI is InChI=1S/C9H16N2O2/c1-7(2)8-6-10-9(12)11(8)4-5-13-3/h8H,1,4-6H2,2-3H3,(H,10,12)/t8-/m0/s1. The fourth-order valence-electron chi connectivity index (χ4n) is 1.42. The Kier molecular flexibility index (Phi) is 3.31. The monoisotopic (exact) mass is 184 g/mol. The lowest BCUT2D eigenvalue weighted by atomic mass is 10.1. The van der Waals surface area contributed by atoms with Crippen molar-refractivity contribution in [3.8, 4) is 0 Å². The van der Waals surface area contributed by atoms with E-state index in [9.17, 15) is 4.79 Å². The van der Waals surface area contributed by atoms with Crippen LogP contribution in [0.5, 0.6) is 0 Å². The van der Waals surface area contributed by atoms with E-state index in [1.807, 2.05) is 6.92 Å². The smallest absolute Gasteiger partial charge is 0.318 e. The molecule has 0 aromatic rings. The molecule has 1 heterocycles. The number of ether oxygens (including phenoxy) is 1. The molecule has 1 N–H and O–H groups in total. The van der Waals surface area contributed by atoms with Crippen LogP contribution in [0.15, 0.2) is 12.2 Å². The van der Waals surface area contributed by atoms with Crippen LogP contribution in [0.25, 0.3) is 0 Å². The van der Waals surface area contributed by atoms with Gasteiger partial charge in [-0.25, -0.2) is 4.79 Å². The van der Waals surface area contributed by atoms with Gasteiger partial charge in [0.05, 0.1) is 12.6 Å². The number of rotatable bonds is 4. The first-order valence-corrected chi connectivity index (χ1v) is 4.35. The van der Waals surface area contributed by atoms with Crippen molar-refractivity contribution in [2.75, 3.05) is 26.8 Å². The van der Waals surface area contributed by atoms with Gasteiger partial charge in [0.25, 0.3) is 0 Å². The second-order valence-electron chi connectivity index (χ2n) is 3.23. The quantitative estimate of drug-likeness (QED) is 0.650. The summed E-state index contributed by atoms with van der Waals surface area (Å²) in [5, 5.41) is 2.78. The van der Waals surface area contributed by atoms with Gasteiger partial charge in [0.2, 0.25) is 0 Å². The average Bonchev–Trinajstić information content (AvgIpc) is 2.43. The maximum absolute atomic E-state index is 11.3. The molecular weight excluding hydrogens is 168 g/mol. The molecule has 0 aliphatic carbocycles. The van der Waals surface area contributed by atoms with E-state index in [4.69, 9.17) is 4.74 Å². The van der Waals surface area contributed by atoms with Crippen LogP contribution in [0.3, 0.4) is 0 Å². The summed E-state index contributed by atoms with van der Waals surface area (Å²) in [7, 11) is 1.63. The van der Waals surface area contributed by atoms with Crippen LogP contribution >= 0.6 is 0 Å². The summed E-state index contributed by atoms with van der Waals surface area (Å²) in [4.78, 5) is 13.1. The molecule has 0 bridgehead atoms. The number of amides is 2. The summed E-state index contributed by atoms with van der Waals surface area (Å²) >= 11 is 0. The third-order valence-electron chi connectivity index (χ3n) is 2.19. The summed E-state index contributed by atoms with van der Waals surface area (Å²) in [6.45, 7) is 7.65. The molecule has 4 heteroatoms. The zero-order valence-electron chi connectivity index (χ0n) is 8.17. The minimum atomic E-state index is -0.0231. The summed E-state index contributed by atoms with van der Waals surface area (Å²) in [5.74, 6) is 0. The molecule has 1 saturated heterocycles. The van der Waals surface area contributed by atoms with E-state index in [0.717, 1.165) is 5.57 Å². The summed E-state index contributed by atoms with van der Waals surface area (Å²) in [6, 6.07) is 0.104. The second-order valence-corrected chi connectivity index (χ2v) is 3.23. The predicted octanol–water partition coefficient (Wildman–Crippen LogP) is 0.603. The van der Waals surface area contributed by atoms with Gasteiger partial charge >= 0.3 is 6.03 Å². The lowest BCUT2D eigenvalue weighted by Crippen LogP contribution is -2.37. The molecule has 0 unspecified atom stereocenters. The zero-order valence-corrected chi connectivity index (χ0v) is 8.17. The molecule has 1 aliphatic rings. The average molecular weight is 184 g/mol. The summed E-state index contributed by atoms with van der Waals surface area (Å²) < 4.78 is 4.93. The van der Waals surface area contributed by atoms with Crippen molar-refractivity contribution in [1.29, 1.82) is 0 Å². The van der Waals surface area contributed by atoms with E-state index < -0.39 is 0 Å². The Bertz CT molecular complexity index is 216. The minimum absolute atomic E-state index is 0.0231. The van der Waals surface area contributed by atoms with Crippen LogP contribution in [-0.2, 0) is 4.74 Å². The summed E-state index contributed by atoms with van der Waals surface area (Å²) in [6.07, 6.45) is 0. The molecule has 1 aliphatic heterocycles. The maximum atomic E-state index is 11.3. The van der Waals surface area contributed by atoms with E-state index in [-0.39, 0.29) is 12.1 Å².